The van der Waals surface area contributed by atoms with Crippen LogP contribution in [0.2, 0.25) is 0 Å². The number of hydrogen-bond acceptors (Lipinski definition) is 3. The maximum Gasteiger partial charge on any atom is 0.160 e. The van der Waals surface area contributed by atoms with Crippen LogP contribution in [0, 0.1) is 11.8 Å². The highest BCUT2D eigenvalue weighted by Crippen LogP contribution is 2.39. The highest BCUT2D eigenvalue weighted by atomic mass is 16.5. The SMILES string of the molecule is CCC1Cc2cc(O)c(OC)cc2CC1CCCc1cccc(-n2cnc3ccccc32)c1. The molecule has 3 aromatic carbocycles. The largest absolute Gasteiger partial charge is 0.504 e. The molecule has 0 spiro atoms. The molecule has 170 valence electrons. The molecule has 33 heavy (non-hydrogen) atoms. The predicted octanol–water partition coefficient (Wildman–Crippen LogP) is 6.50. The molecule has 0 radical (unpaired) electrons. The highest BCUT2D eigenvalue weighted by Gasteiger charge is 2.28. The minimum Gasteiger partial charge on any atom is -0.504 e. The number of benzene rings is 3. The van der Waals surface area contributed by atoms with Crippen LogP contribution in [0.1, 0.15) is 42.9 Å². The lowest BCUT2D eigenvalue weighted by Gasteiger charge is -2.33. The first-order valence-electron chi connectivity index (χ1n) is 12.1. The summed E-state index contributed by atoms with van der Waals surface area (Å²) in [5.74, 6) is 2.20. The second-order valence-electron chi connectivity index (χ2n) is 9.29. The van der Waals surface area contributed by atoms with Gasteiger partial charge < -0.3 is 9.84 Å². The number of para-hydroxylation sites is 2. The van der Waals surface area contributed by atoms with Crippen molar-refractivity contribution in [2.75, 3.05) is 7.11 Å². The summed E-state index contributed by atoms with van der Waals surface area (Å²) in [5.41, 5.74) is 7.34. The van der Waals surface area contributed by atoms with Crippen molar-refractivity contribution in [3.05, 3.63) is 83.7 Å². The van der Waals surface area contributed by atoms with Crippen LogP contribution in [0.25, 0.3) is 16.7 Å². The van der Waals surface area contributed by atoms with Crippen LogP contribution in [0.4, 0.5) is 0 Å². The molecular weight excluding hydrogens is 408 g/mol. The summed E-state index contributed by atoms with van der Waals surface area (Å²) in [6.07, 6.45) is 8.71. The Bertz CT molecular complexity index is 1260. The molecule has 1 N–H and O–H groups in total. The summed E-state index contributed by atoms with van der Waals surface area (Å²) in [6, 6.07) is 21.1. The molecule has 4 heteroatoms. The predicted molar refractivity (Wildman–Crippen MR) is 133 cm³/mol. The molecular formula is C29H32N2O2. The first-order chi connectivity index (χ1) is 16.2. The Kier molecular flexibility index (Phi) is 6.08. The highest BCUT2D eigenvalue weighted by molar-refractivity contribution is 5.77. The van der Waals surface area contributed by atoms with Crippen molar-refractivity contribution in [2.24, 2.45) is 11.8 Å². The van der Waals surface area contributed by atoms with Crippen molar-refractivity contribution in [1.82, 2.24) is 9.55 Å². The number of ether oxygens (including phenoxy) is 1. The number of hydrogen-bond donors (Lipinski definition) is 1. The molecule has 0 saturated heterocycles. The molecule has 5 rings (SSSR count). The van der Waals surface area contributed by atoms with Gasteiger partial charge in [0.05, 0.1) is 18.1 Å². The van der Waals surface area contributed by atoms with E-state index in [0.29, 0.717) is 17.6 Å². The number of imidazole rings is 1. The van der Waals surface area contributed by atoms with Crippen LogP contribution >= 0.6 is 0 Å². The molecule has 1 heterocycles. The molecule has 4 aromatic rings. The molecule has 2 atom stereocenters. The standard InChI is InChI=1S/C29H32N2O2/c1-3-21-15-23-17-28(32)29(33-2)18-24(23)16-22(21)10-6-8-20-9-7-11-25(14-20)31-19-30-26-12-4-5-13-27(26)31/h4-5,7,9,11-14,17-19,21-22,32H,3,6,8,10,15-16H2,1-2H3. The number of nitrogens with zero attached hydrogens (tertiary/aromatic N) is 2. The van der Waals surface area contributed by atoms with Crippen molar-refractivity contribution in [2.45, 2.75) is 45.4 Å². The number of phenolic OH excluding ortho intramolecular Hbond substituents is 1. The number of aryl methyl sites for hydroxylation is 1. The first-order valence-corrected chi connectivity index (χ1v) is 12.1. The quantitative estimate of drug-likeness (QED) is 0.357. The van der Waals surface area contributed by atoms with Crippen LogP contribution < -0.4 is 4.74 Å². The summed E-state index contributed by atoms with van der Waals surface area (Å²) in [4.78, 5) is 4.54. The zero-order valence-electron chi connectivity index (χ0n) is 19.5. The van der Waals surface area contributed by atoms with Crippen molar-refractivity contribution in [3.8, 4) is 17.2 Å². The topological polar surface area (TPSA) is 47.3 Å². The number of phenols is 1. The van der Waals surface area contributed by atoms with E-state index in [-0.39, 0.29) is 5.75 Å². The van der Waals surface area contributed by atoms with E-state index in [1.54, 1.807) is 7.11 Å². The van der Waals surface area contributed by atoms with E-state index in [0.717, 1.165) is 30.3 Å². The minimum absolute atomic E-state index is 0.259. The summed E-state index contributed by atoms with van der Waals surface area (Å²) >= 11 is 0. The lowest BCUT2D eigenvalue weighted by atomic mass is 9.72. The zero-order chi connectivity index (χ0) is 22.8. The Morgan fingerprint density at radius 3 is 2.67 bits per heavy atom. The van der Waals surface area contributed by atoms with E-state index in [1.807, 2.05) is 24.5 Å². The normalized spacial score (nSPS) is 17.8. The van der Waals surface area contributed by atoms with Gasteiger partial charge in [-0.1, -0.05) is 37.6 Å². The van der Waals surface area contributed by atoms with E-state index in [1.165, 1.54) is 41.6 Å². The molecule has 1 aliphatic rings. The fourth-order valence-corrected chi connectivity index (χ4v) is 5.51. The molecule has 0 amide bonds. The molecule has 0 bridgehead atoms. The summed E-state index contributed by atoms with van der Waals surface area (Å²) < 4.78 is 7.52. The monoisotopic (exact) mass is 440 g/mol. The van der Waals surface area contributed by atoms with Gasteiger partial charge in [0.25, 0.3) is 0 Å². The molecule has 0 saturated carbocycles. The number of aromatic hydroxyl groups is 1. The van der Waals surface area contributed by atoms with Gasteiger partial charge in [-0.2, -0.15) is 0 Å². The average molecular weight is 441 g/mol. The van der Waals surface area contributed by atoms with Crippen molar-refractivity contribution in [3.63, 3.8) is 0 Å². The number of aromatic nitrogens is 2. The van der Waals surface area contributed by atoms with Gasteiger partial charge in [-0.15, -0.1) is 0 Å². The first kappa shape index (κ1) is 21.6. The minimum atomic E-state index is 0.259. The number of fused-ring (bicyclic) bond motifs is 2. The van der Waals surface area contributed by atoms with Crippen LogP contribution in [0.5, 0.6) is 11.5 Å². The van der Waals surface area contributed by atoms with Gasteiger partial charge in [-0.05, 0) is 97.0 Å². The fourth-order valence-electron chi connectivity index (χ4n) is 5.51. The maximum atomic E-state index is 10.2. The Morgan fingerprint density at radius 2 is 1.82 bits per heavy atom. The zero-order valence-corrected chi connectivity index (χ0v) is 19.5. The van der Waals surface area contributed by atoms with Gasteiger partial charge in [0.15, 0.2) is 11.5 Å². The van der Waals surface area contributed by atoms with Crippen LogP contribution in [0.3, 0.4) is 0 Å². The van der Waals surface area contributed by atoms with E-state index >= 15 is 0 Å². The molecule has 1 aliphatic carbocycles. The van der Waals surface area contributed by atoms with E-state index in [2.05, 4.69) is 58.9 Å². The third-order valence-corrected chi connectivity index (χ3v) is 7.34. The Morgan fingerprint density at radius 1 is 1.00 bits per heavy atom. The van der Waals surface area contributed by atoms with E-state index in [4.69, 9.17) is 4.74 Å². The van der Waals surface area contributed by atoms with Crippen LogP contribution in [0.15, 0.2) is 67.0 Å². The van der Waals surface area contributed by atoms with E-state index < -0.39 is 0 Å². The Labute approximate surface area is 195 Å². The second-order valence-corrected chi connectivity index (χ2v) is 9.29. The number of rotatable bonds is 7. The van der Waals surface area contributed by atoms with Crippen molar-refractivity contribution in [1.29, 1.82) is 0 Å². The summed E-state index contributed by atoms with van der Waals surface area (Å²) in [6.45, 7) is 2.30. The summed E-state index contributed by atoms with van der Waals surface area (Å²) in [7, 11) is 1.62. The smallest absolute Gasteiger partial charge is 0.160 e. The summed E-state index contributed by atoms with van der Waals surface area (Å²) in [5, 5.41) is 10.2. The molecule has 2 unspecified atom stereocenters. The molecule has 1 aromatic heterocycles. The second kappa shape index (κ2) is 9.30. The van der Waals surface area contributed by atoms with Gasteiger partial charge >= 0.3 is 0 Å². The van der Waals surface area contributed by atoms with Crippen LogP contribution in [-0.4, -0.2) is 21.8 Å². The maximum absolute atomic E-state index is 10.2. The van der Waals surface area contributed by atoms with Crippen LogP contribution in [-0.2, 0) is 19.3 Å². The van der Waals surface area contributed by atoms with Gasteiger partial charge in [-0.25, -0.2) is 4.98 Å². The van der Waals surface area contributed by atoms with E-state index in [9.17, 15) is 5.11 Å². The van der Waals surface area contributed by atoms with Gasteiger partial charge in [0.2, 0.25) is 0 Å². The van der Waals surface area contributed by atoms with Crippen molar-refractivity contribution < 1.29 is 9.84 Å². The van der Waals surface area contributed by atoms with Gasteiger partial charge in [0.1, 0.15) is 6.33 Å². The average Bonchev–Trinajstić information content (AvgIpc) is 3.28. The Hall–Kier alpha value is -3.27. The third kappa shape index (κ3) is 4.35. The lowest BCUT2D eigenvalue weighted by Crippen LogP contribution is -2.25. The number of methoxy groups -OCH3 is 1. The molecule has 4 nitrogen and oxygen atoms in total. The Balaban J connectivity index is 1.27. The fraction of sp³-hybridized carbons (Fsp3) is 0.345. The van der Waals surface area contributed by atoms with Gasteiger partial charge in [-0.3, -0.25) is 4.57 Å². The van der Waals surface area contributed by atoms with Crippen molar-refractivity contribution >= 4 is 11.0 Å². The third-order valence-electron chi connectivity index (χ3n) is 7.34. The molecule has 0 fully saturated rings. The van der Waals surface area contributed by atoms with Gasteiger partial charge in [0, 0.05) is 5.69 Å². The molecule has 0 aliphatic heterocycles. The lowest BCUT2D eigenvalue weighted by molar-refractivity contribution is 0.275.